The van der Waals surface area contributed by atoms with Gasteiger partial charge in [-0.15, -0.1) is 0 Å². The molecule has 0 saturated carbocycles. The molecule has 0 aliphatic carbocycles. The second-order valence-electron chi connectivity index (χ2n) is 6.23. The normalized spacial score (nSPS) is 12.0. The Balaban J connectivity index is 1.55. The predicted molar refractivity (Wildman–Crippen MR) is 102 cm³/mol. The molecule has 4 aromatic rings. The highest BCUT2D eigenvalue weighted by molar-refractivity contribution is 5.93. The van der Waals surface area contributed by atoms with Crippen LogP contribution in [0.3, 0.4) is 0 Å². The Hall–Kier alpha value is -3.54. The van der Waals surface area contributed by atoms with Crippen LogP contribution in [0.15, 0.2) is 73.2 Å². The van der Waals surface area contributed by atoms with Crippen molar-refractivity contribution in [2.75, 3.05) is 5.32 Å². The number of rotatable bonds is 5. The van der Waals surface area contributed by atoms with Crippen LogP contribution in [0.25, 0.3) is 10.9 Å². The molecule has 0 spiro atoms. The lowest BCUT2D eigenvalue weighted by Gasteiger charge is -2.15. The number of carbonyl (C=O) groups is 1. The SMILES string of the molecule is O=C(CC(c1ccccc1)c1ncc[nH]1)Nc1cnc2c(F)cccc2c1. The fraction of sp³-hybridized carbons (Fsp3) is 0.0952. The molecule has 134 valence electrons. The number of pyridine rings is 1. The third kappa shape index (κ3) is 3.69. The van der Waals surface area contributed by atoms with E-state index in [0.717, 1.165) is 11.4 Å². The number of nitrogens with zero attached hydrogens (tertiary/aromatic N) is 2. The molecule has 0 aliphatic heterocycles. The third-order valence-electron chi connectivity index (χ3n) is 4.39. The van der Waals surface area contributed by atoms with E-state index in [9.17, 15) is 9.18 Å². The van der Waals surface area contributed by atoms with Gasteiger partial charge in [0.25, 0.3) is 0 Å². The first kappa shape index (κ1) is 16.9. The predicted octanol–water partition coefficient (Wildman–Crippen LogP) is 4.26. The van der Waals surface area contributed by atoms with Gasteiger partial charge in [-0.3, -0.25) is 9.78 Å². The van der Waals surface area contributed by atoms with Crippen LogP contribution in [0.4, 0.5) is 10.1 Å². The van der Waals surface area contributed by atoms with E-state index in [-0.39, 0.29) is 29.6 Å². The van der Waals surface area contributed by atoms with Gasteiger partial charge in [0.05, 0.1) is 17.8 Å². The van der Waals surface area contributed by atoms with Crippen molar-refractivity contribution < 1.29 is 9.18 Å². The molecule has 5 nitrogen and oxygen atoms in total. The van der Waals surface area contributed by atoms with Crippen LogP contribution in [0.1, 0.15) is 23.7 Å². The van der Waals surface area contributed by atoms with Crippen LogP contribution in [-0.2, 0) is 4.79 Å². The van der Waals surface area contributed by atoms with E-state index in [1.807, 2.05) is 30.3 Å². The van der Waals surface area contributed by atoms with Crippen molar-refractivity contribution in [1.29, 1.82) is 0 Å². The highest BCUT2D eigenvalue weighted by Gasteiger charge is 2.20. The van der Waals surface area contributed by atoms with Crippen molar-refractivity contribution >= 4 is 22.5 Å². The van der Waals surface area contributed by atoms with Crippen LogP contribution in [-0.4, -0.2) is 20.9 Å². The number of benzene rings is 2. The van der Waals surface area contributed by atoms with E-state index >= 15 is 0 Å². The molecule has 0 aliphatic rings. The van der Waals surface area contributed by atoms with Gasteiger partial charge in [0.15, 0.2) is 0 Å². The number of aromatic nitrogens is 3. The zero-order valence-electron chi connectivity index (χ0n) is 14.4. The zero-order chi connectivity index (χ0) is 18.6. The van der Waals surface area contributed by atoms with Crippen molar-refractivity contribution in [2.45, 2.75) is 12.3 Å². The molecule has 2 N–H and O–H groups in total. The molecule has 2 heterocycles. The number of amides is 1. The lowest BCUT2D eigenvalue weighted by atomic mass is 9.94. The molecule has 1 unspecified atom stereocenters. The number of nitrogens with one attached hydrogen (secondary N) is 2. The Bertz CT molecular complexity index is 1060. The Morgan fingerprint density at radius 2 is 1.96 bits per heavy atom. The quantitative estimate of drug-likeness (QED) is 0.559. The first-order chi connectivity index (χ1) is 13.2. The molecule has 2 aromatic heterocycles. The number of H-pyrrole nitrogens is 1. The number of carbonyl (C=O) groups excluding carboxylic acids is 1. The molecule has 0 bridgehead atoms. The van der Waals surface area contributed by atoms with E-state index in [1.165, 1.54) is 12.3 Å². The monoisotopic (exact) mass is 360 g/mol. The van der Waals surface area contributed by atoms with Crippen LogP contribution in [0.5, 0.6) is 0 Å². The Morgan fingerprint density at radius 3 is 2.74 bits per heavy atom. The zero-order valence-corrected chi connectivity index (χ0v) is 14.4. The van der Waals surface area contributed by atoms with Crippen LogP contribution in [0, 0.1) is 5.82 Å². The topological polar surface area (TPSA) is 70.7 Å². The molecule has 1 atom stereocenters. The second kappa shape index (κ2) is 7.37. The van der Waals surface area contributed by atoms with Gasteiger partial charge in [-0.1, -0.05) is 42.5 Å². The summed E-state index contributed by atoms with van der Waals surface area (Å²) >= 11 is 0. The van der Waals surface area contributed by atoms with Crippen molar-refractivity contribution in [3.8, 4) is 0 Å². The van der Waals surface area contributed by atoms with E-state index in [4.69, 9.17) is 0 Å². The van der Waals surface area contributed by atoms with E-state index < -0.39 is 0 Å². The summed E-state index contributed by atoms with van der Waals surface area (Å²) in [5, 5.41) is 3.49. The molecule has 6 heteroatoms. The minimum absolute atomic E-state index is 0.169. The molecule has 0 fully saturated rings. The standard InChI is InChI=1S/C21H17FN4O/c22-18-8-4-7-15-11-16(13-25-20(15)18)26-19(27)12-17(21-23-9-10-24-21)14-5-2-1-3-6-14/h1-11,13,17H,12H2,(H,23,24)(H,26,27). The molecule has 1 amide bonds. The largest absolute Gasteiger partial charge is 0.348 e. The van der Waals surface area contributed by atoms with E-state index in [0.29, 0.717) is 11.1 Å². The lowest BCUT2D eigenvalue weighted by Crippen LogP contribution is -2.17. The maximum atomic E-state index is 13.7. The van der Waals surface area contributed by atoms with Gasteiger partial charge < -0.3 is 10.3 Å². The molecule has 27 heavy (non-hydrogen) atoms. The van der Waals surface area contributed by atoms with Crippen molar-refractivity contribution in [3.05, 3.63) is 90.4 Å². The highest BCUT2D eigenvalue weighted by atomic mass is 19.1. The summed E-state index contributed by atoms with van der Waals surface area (Å²) in [5.41, 5.74) is 1.82. The fourth-order valence-electron chi connectivity index (χ4n) is 3.12. The van der Waals surface area contributed by atoms with Gasteiger partial charge in [0.1, 0.15) is 17.2 Å². The number of hydrogen-bond donors (Lipinski definition) is 2. The summed E-state index contributed by atoms with van der Waals surface area (Å²) in [6, 6.07) is 16.2. The molecule has 0 saturated heterocycles. The summed E-state index contributed by atoms with van der Waals surface area (Å²) in [4.78, 5) is 24.2. The summed E-state index contributed by atoms with van der Waals surface area (Å²) in [5.74, 6) is -0.00717. The van der Waals surface area contributed by atoms with Crippen LogP contribution >= 0.6 is 0 Å². The van der Waals surface area contributed by atoms with Gasteiger partial charge in [-0.2, -0.15) is 0 Å². The number of para-hydroxylation sites is 1. The van der Waals surface area contributed by atoms with E-state index in [2.05, 4.69) is 20.3 Å². The van der Waals surface area contributed by atoms with Crippen molar-refractivity contribution in [2.24, 2.45) is 0 Å². The number of anilines is 1. The highest BCUT2D eigenvalue weighted by Crippen LogP contribution is 2.26. The number of hydrogen-bond acceptors (Lipinski definition) is 3. The molecule has 4 rings (SSSR count). The molecule has 0 radical (unpaired) electrons. The van der Waals surface area contributed by atoms with Gasteiger partial charge in [-0.25, -0.2) is 9.37 Å². The summed E-state index contributed by atoms with van der Waals surface area (Å²) in [7, 11) is 0. The van der Waals surface area contributed by atoms with Crippen LogP contribution in [0.2, 0.25) is 0 Å². The number of aromatic amines is 1. The fourth-order valence-corrected chi connectivity index (χ4v) is 3.12. The Kier molecular flexibility index (Phi) is 4.61. The Morgan fingerprint density at radius 1 is 1.11 bits per heavy atom. The molecular formula is C21H17FN4O. The minimum atomic E-state index is -0.382. The van der Waals surface area contributed by atoms with Gasteiger partial charge in [0, 0.05) is 24.2 Å². The average Bonchev–Trinajstić information content (AvgIpc) is 3.21. The van der Waals surface area contributed by atoms with Gasteiger partial charge >= 0.3 is 0 Å². The number of imidazole rings is 1. The van der Waals surface area contributed by atoms with Crippen molar-refractivity contribution in [1.82, 2.24) is 15.0 Å². The molecule has 2 aromatic carbocycles. The number of halogens is 1. The Labute approximate surface area is 155 Å². The van der Waals surface area contributed by atoms with Crippen molar-refractivity contribution in [3.63, 3.8) is 0 Å². The second-order valence-corrected chi connectivity index (χ2v) is 6.23. The van der Waals surface area contributed by atoms with E-state index in [1.54, 1.807) is 30.6 Å². The first-order valence-corrected chi connectivity index (χ1v) is 8.59. The summed E-state index contributed by atoms with van der Waals surface area (Å²) in [6.45, 7) is 0. The van der Waals surface area contributed by atoms with Crippen LogP contribution < -0.4 is 5.32 Å². The first-order valence-electron chi connectivity index (χ1n) is 8.59. The maximum absolute atomic E-state index is 13.7. The van der Waals surface area contributed by atoms with Gasteiger partial charge in [-0.05, 0) is 17.7 Å². The summed E-state index contributed by atoms with van der Waals surface area (Å²) < 4.78 is 13.7. The third-order valence-corrected chi connectivity index (χ3v) is 4.39. The average molecular weight is 360 g/mol. The number of fused-ring (bicyclic) bond motifs is 1. The summed E-state index contributed by atoms with van der Waals surface area (Å²) in [6.07, 6.45) is 5.10. The maximum Gasteiger partial charge on any atom is 0.225 e. The smallest absolute Gasteiger partial charge is 0.225 e. The van der Waals surface area contributed by atoms with Gasteiger partial charge in [0.2, 0.25) is 5.91 Å². The lowest BCUT2D eigenvalue weighted by molar-refractivity contribution is -0.116. The minimum Gasteiger partial charge on any atom is -0.348 e. The molecular weight excluding hydrogens is 343 g/mol.